The number of benzene rings is 1. The Balaban J connectivity index is 2.60. The van der Waals surface area contributed by atoms with Crippen LogP contribution >= 0.6 is 0 Å². The smallest absolute Gasteiger partial charge is 0.0827 e. The Morgan fingerprint density at radius 1 is 1.29 bits per heavy atom. The molecule has 0 fully saturated rings. The summed E-state index contributed by atoms with van der Waals surface area (Å²) < 4.78 is 11.9. The van der Waals surface area contributed by atoms with Crippen LogP contribution in [0.1, 0.15) is 31.7 Å². The second-order valence-electron chi connectivity index (χ2n) is 4.38. The van der Waals surface area contributed by atoms with Crippen molar-refractivity contribution in [3.05, 3.63) is 35.9 Å². The first kappa shape index (κ1) is 13.9. The van der Waals surface area contributed by atoms with Crippen molar-refractivity contribution in [3.63, 3.8) is 0 Å². The molecule has 0 aliphatic rings. The van der Waals surface area contributed by atoms with Gasteiger partial charge in [-0.2, -0.15) is 5.26 Å². The number of nitrogens with zero attached hydrogens (tertiary/aromatic N) is 1. The monoisotopic (exact) mass is 249 g/mol. The van der Waals surface area contributed by atoms with E-state index >= 15 is 0 Å². The number of rotatable bonds is 6. The maximum Gasteiger partial charge on any atom is 0.0827 e. The Hall–Kier alpha value is -1.14. The molecule has 1 rings (SSSR count). The third-order valence-electron chi connectivity index (χ3n) is 2.88. The van der Waals surface area contributed by atoms with E-state index in [1.165, 1.54) is 0 Å². The Bertz CT molecular complexity index is 396. The second-order valence-corrected chi connectivity index (χ2v) is 5.93. The normalized spacial score (nSPS) is 15.8. The highest BCUT2D eigenvalue weighted by Gasteiger charge is 2.15. The molecule has 0 saturated heterocycles. The Morgan fingerprint density at radius 2 is 1.94 bits per heavy atom. The fraction of sp³-hybridized carbons (Fsp3) is 0.500. The molecule has 0 saturated carbocycles. The van der Waals surface area contributed by atoms with Crippen molar-refractivity contribution in [1.82, 2.24) is 0 Å². The summed E-state index contributed by atoms with van der Waals surface area (Å²) in [5, 5.41) is 9.14. The molecule has 0 radical (unpaired) electrons. The molecule has 3 heteroatoms. The third kappa shape index (κ3) is 4.70. The van der Waals surface area contributed by atoms with Crippen molar-refractivity contribution in [3.8, 4) is 6.07 Å². The van der Waals surface area contributed by atoms with E-state index in [4.69, 9.17) is 5.26 Å². The Morgan fingerprint density at radius 3 is 2.47 bits per heavy atom. The average molecular weight is 249 g/mol. The molecule has 3 unspecified atom stereocenters. The van der Waals surface area contributed by atoms with Crippen LogP contribution in [-0.4, -0.2) is 15.7 Å². The van der Waals surface area contributed by atoms with Gasteiger partial charge in [0.2, 0.25) is 0 Å². The van der Waals surface area contributed by atoms with Crippen LogP contribution in [0.15, 0.2) is 30.3 Å². The zero-order chi connectivity index (χ0) is 12.7. The van der Waals surface area contributed by atoms with E-state index in [9.17, 15) is 4.21 Å². The van der Waals surface area contributed by atoms with Crippen LogP contribution in [0.4, 0.5) is 0 Å². The summed E-state index contributed by atoms with van der Waals surface area (Å²) in [7, 11) is -0.903. The van der Waals surface area contributed by atoms with E-state index in [2.05, 4.69) is 19.9 Å². The zero-order valence-corrected chi connectivity index (χ0v) is 11.2. The molecule has 92 valence electrons. The van der Waals surface area contributed by atoms with E-state index in [0.717, 1.165) is 12.0 Å². The van der Waals surface area contributed by atoms with Crippen molar-refractivity contribution < 1.29 is 4.21 Å². The van der Waals surface area contributed by atoms with Gasteiger partial charge in [-0.3, -0.25) is 4.21 Å². The van der Waals surface area contributed by atoms with Gasteiger partial charge in [0, 0.05) is 22.3 Å². The van der Waals surface area contributed by atoms with Gasteiger partial charge in [-0.1, -0.05) is 50.6 Å². The summed E-state index contributed by atoms with van der Waals surface area (Å²) in [6, 6.07) is 11.8. The molecule has 0 aliphatic carbocycles. The summed E-state index contributed by atoms with van der Waals surface area (Å²) in [5.74, 6) is 1.36. The van der Waals surface area contributed by atoms with Gasteiger partial charge >= 0.3 is 0 Å². The first-order valence-electron chi connectivity index (χ1n) is 5.96. The highest BCUT2D eigenvalue weighted by Crippen LogP contribution is 2.17. The van der Waals surface area contributed by atoms with E-state index in [0.29, 0.717) is 17.4 Å². The second kappa shape index (κ2) is 7.24. The van der Waals surface area contributed by atoms with Gasteiger partial charge in [0.25, 0.3) is 0 Å². The van der Waals surface area contributed by atoms with E-state index < -0.39 is 10.8 Å². The van der Waals surface area contributed by atoms with Crippen LogP contribution < -0.4 is 0 Å². The summed E-state index contributed by atoms with van der Waals surface area (Å²) in [5.41, 5.74) is 0.965. The topological polar surface area (TPSA) is 40.9 Å². The fourth-order valence-electron chi connectivity index (χ4n) is 1.58. The van der Waals surface area contributed by atoms with Gasteiger partial charge in [0.15, 0.2) is 0 Å². The highest BCUT2D eigenvalue weighted by atomic mass is 32.2. The molecule has 17 heavy (non-hydrogen) atoms. The minimum atomic E-state index is -0.903. The molecule has 2 nitrogen and oxygen atoms in total. The zero-order valence-electron chi connectivity index (χ0n) is 10.4. The van der Waals surface area contributed by atoms with Gasteiger partial charge in [-0.15, -0.1) is 0 Å². The molecule has 1 aromatic carbocycles. The fourth-order valence-corrected chi connectivity index (χ4v) is 3.23. The van der Waals surface area contributed by atoms with Gasteiger partial charge in [-0.05, 0) is 11.5 Å². The number of hydrogen-bond acceptors (Lipinski definition) is 2. The lowest BCUT2D eigenvalue weighted by Gasteiger charge is -2.11. The first-order chi connectivity index (χ1) is 8.17. The molecule has 0 bridgehead atoms. The minimum absolute atomic E-state index is 0.249. The van der Waals surface area contributed by atoms with Crippen LogP contribution in [0.25, 0.3) is 0 Å². The van der Waals surface area contributed by atoms with Crippen LogP contribution in [-0.2, 0) is 10.8 Å². The standard InChI is InChI=1S/C14H19NOS/c1-3-12(2)10-17(16)11-14(9-15)13-7-5-4-6-8-13/h4-8,12,14H,3,10-11H2,1-2H3. The van der Waals surface area contributed by atoms with Crippen LogP contribution in [0.2, 0.25) is 0 Å². The maximum atomic E-state index is 11.9. The Kier molecular flexibility index (Phi) is 5.93. The minimum Gasteiger partial charge on any atom is -0.260 e. The molecule has 1 aromatic rings. The van der Waals surface area contributed by atoms with Gasteiger partial charge in [0.1, 0.15) is 0 Å². The van der Waals surface area contributed by atoms with Crippen molar-refractivity contribution >= 4 is 10.8 Å². The quantitative estimate of drug-likeness (QED) is 0.777. The Labute approximate surface area is 106 Å². The van der Waals surface area contributed by atoms with Crippen molar-refractivity contribution in [2.75, 3.05) is 11.5 Å². The van der Waals surface area contributed by atoms with Crippen LogP contribution in [0, 0.1) is 17.2 Å². The summed E-state index contributed by atoms with van der Waals surface area (Å²) >= 11 is 0. The van der Waals surface area contributed by atoms with Gasteiger partial charge < -0.3 is 0 Å². The summed E-state index contributed by atoms with van der Waals surface area (Å²) in [4.78, 5) is 0. The van der Waals surface area contributed by atoms with Gasteiger partial charge in [0.05, 0.1) is 12.0 Å². The van der Waals surface area contributed by atoms with Crippen LogP contribution in [0.3, 0.4) is 0 Å². The summed E-state index contributed by atoms with van der Waals surface area (Å²) in [6.45, 7) is 4.20. The number of hydrogen-bond donors (Lipinski definition) is 0. The van der Waals surface area contributed by atoms with E-state index in [-0.39, 0.29) is 5.92 Å². The number of nitriles is 1. The van der Waals surface area contributed by atoms with Gasteiger partial charge in [-0.25, -0.2) is 0 Å². The predicted octanol–water partition coefficient (Wildman–Crippen LogP) is 3.09. The lowest BCUT2D eigenvalue weighted by molar-refractivity contribution is 0.614. The van der Waals surface area contributed by atoms with Crippen molar-refractivity contribution in [2.45, 2.75) is 26.2 Å². The molecular formula is C14H19NOS. The van der Waals surface area contributed by atoms with Crippen LogP contribution in [0.5, 0.6) is 0 Å². The molecule has 0 heterocycles. The maximum absolute atomic E-state index is 11.9. The molecule has 0 aromatic heterocycles. The lowest BCUT2D eigenvalue weighted by Crippen LogP contribution is -2.14. The molecule has 0 spiro atoms. The summed E-state index contributed by atoms with van der Waals surface area (Å²) in [6.07, 6.45) is 1.04. The molecular weight excluding hydrogens is 230 g/mol. The molecule has 0 amide bonds. The van der Waals surface area contributed by atoms with E-state index in [1.54, 1.807) is 0 Å². The molecule has 3 atom stereocenters. The molecule has 0 aliphatic heterocycles. The highest BCUT2D eigenvalue weighted by molar-refractivity contribution is 7.85. The SMILES string of the molecule is CCC(C)CS(=O)CC(C#N)c1ccccc1. The van der Waals surface area contributed by atoms with Crippen molar-refractivity contribution in [1.29, 1.82) is 5.26 Å². The van der Waals surface area contributed by atoms with E-state index in [1.807, 2.05) is 30.3 Å². The van der Waals surface area contributed by atoms with Crippen molar-refractivity contribution in [2.24, 2.45) is 5.92 Å². The largest absolute Gasteiger partial charge is 0.260 e. The first-order valence-corrected chi connectivity index (χ1v) is 7.45. The average Bonchev–Trinajstić information content (AvgIpc) is 2.36. The molecule has 0 N–H and O–H groups in total. The third-order valence-corrected chi connectivity index (χ3v) is 4.52. The lowest BCUT2D eigenvalue weighted by atomic mass is 10.0. The predicted molar refractivity (Wildman–Crippen MR) is 72.1 cm³/mol.